The molecule has 1 saturated heterocycles. The average Bonchev–Trinajstić information content (AvgIpc) is 3.29. The molecular formula is C23H25F2N3O6. The highest BCUT2D eigenvalue weighted by Gasteiger charge is 2.33. The monoisotopic (exact) mass is 477 g/mol. The van der Waals surface area contributed by atoms with Crippen LogP contribution in [0.4, 0.5) is 19.3 Å². The van der Waals surface area contributed by atoms with Crippen molar-refractivity contribution in [1.29, 1.82) is 0 Å². The van der Waals surface area contributed by atoms with Gasteiger partial charge in [0, 0.05) is 12.6 Å². The Morgan fingerprint density at radius 2 is 1.88 bits per heavy atom. The molecule has 4 N–H and O–H groups in total. The maximum absolute atomic E-state index is 13.7. The van der Waals surface area contributed by atoms with E-state index in [2.05, 4.69) is 16.0 Å². The summed E-state index contributed by atoms with van der Waals surface area (Å²) in [5.41, 5.74) is 0.562. The zero-order valence-corrected chi connectivity index (χ0v) is 18.2. The van der Waals surface area contributed by atoms with E-state index < -0.39 is 35.9 Å². The van der Waals surface area contributed by atoms with Crippen LogP contribution in [0.5, 0.6) is 11.5 Å². The minimum Gasteiger partial charge on any atom is -0.454 e. The van der Waals surface area contributed by atoms with Gasteiger partial charge in [0.2, 0.25) is 12.7 Å². The van der Waals surface area contributed by atoms with Crippen LogP contribution in [0.15, 0.2) is 36.4 Å². The number of fused-ring (bicyclic) bond motifs is 1. The van der Waals surface area contributed by atoms with Gasteiger partial charge in [0.1, 0.15) is 17.7 Å². The molecular weight excluding hydrogens is 452 g/mol. The summed E-state index contributed by atoms with van der Waals surface area (Å²) in [5, 5.41) is 17.4. The Bertz CT molecular complexity index is 1050. The Hall–Kier alpha value is -3.44. The van der Waals surface area contributed by atoms with Gasteiger partial charge < -0.3 is 35.3 Å². The number of halogens is 2. The number of anilines is 1. The fourth-order valence-corrected chi connectivity index (χ4v) is 3.90. The van der Waals surface area contributed by atoms with E-state index >= 15 is 0 Å². The summed E-state index contributed by atoms with van der Waals surface area (Å²) in [6.07, 6.45) is -0.189. The van der Waals surface area contributed by atoms with Crippen LogP contribution < -0.4 is 25.4 Å². The highest BCUT2D eigenvalue weighted by Crippen LogP contribution is 2.32. The number of hydrogen-bond acceptors (Lipinski definition) is 6. The Morgan fingerprint density at radius 3 is 2.71 bits per heavy atom. The molecule has 0 aromatic heterocycles. The predicted octanol–water partition coefficient (Wildman–Crippen LogP) is 2.43. The topological polar surface area (TPSA) is 118 Å². The van der Waals surface area contributed by atoms with Crippen molar-refractivity contribution in [2.45, 2.75) is 44.1 Å². The number of nitrogens with one attached hydrogen (secondary N) is 3. The first-order valence-corrected chi connectivity index (χ1v) is 10.9. The van der Waals surface area contributed by atoms with E-state index in [0.29, 0.717) is 30.9 Å². The molecule has 0 bridgehead atoms. The van der Waals surface area contributed by atoms with E-state index in [4.69, 9.17) is 14.2 Å². The number of carbonyl (C=O) groups excluding carboxylic acids is 2. The van der Waals surface area contributed by atoms with Gasteiger partial charge in [-0.25, -0.2) is 13.6 Å². The lowest BCUT2D eigenvalue weighted by atomic mass is 9.97. The summed E-state index contributed by atoms with van der Waals surface area (Å²) in [7, 11) is 0. The lowest BCUT2D eigenvalue weighted by Crippen LogP contribution is -2.52. The van der Waals surface area contributed by atoms with E-state index in [9.17, 15) is 23.5 Å². The van der Waals surface area contributed by atoms with Gasteiger partial charge >= 0.3 is 6.03 Å². The number of aliphatic hydroxyl groups is 1. The van der Waals surface area contributed by atoms with Crippen molar-refractivity contribution in [3.63, 3.8) is 0 Å². The number of urea groups is 1. The third-order valence-electron chi connectivity index (χ3n) is 5.63. The predicted molar refractivity (Wildman–Crippen MR) is 116 cm³/mol. The highest BCUT2D eigenvalue weighted by molar-refractivity contribution is 5.89. The van der Waals surface area contributed by atoms with Gasteiger partial charge in [-0.2, -0.15) is 0 Å². The first-order valence-electron chi connectivity index (χ1n) is 10.9. The molecule has 2 aliphatic heterocycles. The molecule has 4 rings (SSSR count). The van der Waals surface area contributed by atoms with Gasteiger partial charge in [0.25, 0.3) is 0 Å². The number of benzene rings is 2. The Morgan fingerprint density at radius 1 is 1.06 bits per heavy atom. The number of carbonyl (C=O) groups is 2. The number of amides is 3. The van der Waals surface area contributed by atoms with Crippen LogP contribution >= 0.6 is 0 Å². The molecule has 2 aromatic rings. The first-order chi connectivity index (χ1) is 16.4. The van der Waals surface area contributed by atoms with E-state index in [1.807, 2.05) is 6.07 Å². The molecule has 2 aromatic carbocycles. The van der Waals surface area contributed by atoms with Crippen LogP contribution in [-0.2, 0) is 16.1 Å². The lowest BCUT2D eigenvalue weighted by molar-refractivity contribution is -0.130. The Balaban J connectivity index is 1.23. The quantitative estimate of drug-likeness (QED) is 0.487. The summed E-state index contributed by atoms with van der Waals surface area (Å²) >= 11 is 0. The van der Waals surface area contributed by atoms with E-state index in [1.54, 1.807) is 12.1 Å². The second-order valence-electron chi connectivity index (χ2n) is 8.05. The molecule has 0 aliphatic carbocycles. The van der Waals surface area contributed by atoms with Crippen molar-refractivity contribution in [3.8, 4) is 11.5 Å². The third-order valence-corrected chi connectivity index (χ3v) is 5.63. The van der Waals surface area contributed by atoms with Crippen molar-refractivity contribution < 1.29 is 37.7 Å². The molecule has 0 unspecified atom stereocenters. The van der Waals surface area contributed by atoms with Gasteiger partial charge in [0.05, 0.1) is 30.9 Å². The van der Waals surface area contributed by atoms with Crippen LogP contribution in [0.25, 0.3) is 0 Å². The normalized spacial score (nSPS) is 21.1. The highest BCUT2D eigenvalue weighted by atomic mass is 19.1. The number of rotatable bonds is 7. The van der Waals surface area contributed by atoms with Crippen LogP contribution in [-0.4, -0.2) is 48.7 Å². The number of hydrogen-bond donors (Lipinski definition) is 4. The van der Waals surface area contributed by atoms with Gasteiger partial charge in [-0.15, -0.1) is 0 Å². The minimum absolute atomic E-state index is 0.0917. The smallest absolute Gasteiger partial charge is 0.319 e. The molecule has 0 spiro atoms. The second kappa shape index (κ2) is 10.7. The Labute approximate surface area is 194 Å². The van der Waals surface area contributed by atoms with Crippen molar-refractivity contribution in [2.24, 2.45) is 0 Å². The number of ether oxygens (including phenoxy) is 3. The standard InChI is InChI=1S/C23H25F2N3O6/c24-14-2-4-16(25)18(8-14)28-23(31)27-17-5-3-15(34-21(17)11-29)9-22(30)26-10-13-1-6-19-20(7-13)33-12-32-19/h1-2,4,6-8,15,17,21,29H,3,5,9-12H2,(H,26,30)(H2,27,28,31)/t15-,17+,21+/m0/s1. The van der Waals surface area contributed by atoms with E-state index in [1.165, 1.54) is 0 Å². The molecule has 0 radical (unpaired) electrons. The fraction of sp³-hybridized carbons (Fsp3) is 0.391. The first kappa shape index (κ1) is 23.7. The summed E-state index contributed by atoms with van der Waals surface area (Å²) < 4.78 is 43.4. The largest absolute Gasteiger partial charge is 0.454 e. The van der Waals surface area contributed by atoms with Crippen molar-refractivity contribution in [2.75, 3.05) is 18.7 Å². The molecule has 3 atom stereocenters. The molecule has 3 amide bonds. The summed E-state index contributed by atoms with van der Waals surface area (Å²) in [5.74, 6) is -0.382. The molecule has 9 nitrogen and oxygen atoms in total. The van der Waals surface area contributed by atoms with Gasteiger partial charge in [-0.3, -0.25) is 4.79 Å². The maximum Gasteiger partial charge on any atom is 0.319 e. The van der Waals surface area contributed by atoms with Crippen LogP contribution in [0.1, 0.15) is 24.8 Å². The molecule has 2 heterocycles. The third kappa shape index (κ3) is 5.91. The molecule has 11 heteroatoms. The average molecular weight is 477 g/mol. The van der Waals surface area contributed by atoms with E-state index in [0.717, 1.165) is 23.8 Å². The van der Waals surface area contributed by atoms with Crippen molar-refractivity contribution in [3.05, 3.63) is 53.6 Å². The molecule has 182 valence electrons. The van der Waals surface area contributed by atoms with Crippen LogP contribution in [0.3, 0.4) is 0 Å². The van der Waals surface area contributed by atoms with Crippen molar-refractivity contribution in [1.82, 2.24) is 10.6 Å². The van der Waals surface area contributed by atoms with E-state index in [-0.39, 0.29) is 31.4 Å². The summed E-state index contributed by atoms with van der Waals surface area (Å²) in [6.45, 7) is 0.108. The summed E-state index contributed by atoms with van der Waals surface area (Å²) in [6, 6.07) is 6.84. The second-order valence-corrected chi connectivity index (χ2v) is 8.05. The fourth-order valence-electron chi connectivity index (χ4n) is 3.90. The maximum atomic E-state index is 13.7. The Kier molecular flexibility index (Phi) is 7.43. The molecule has 2 aliphatic rings. The van der Waals surface area contributed by atoms with Gasteiger partial charge in [0.15, 0.2) is 11.5 Å². The van der Waals surface area contributed by atoms with Crippen molar-refractivity contribution >= 4 is 17.6 Å². The zero-order valence-electron chi connectivity index (χ0n) is 18.2. The summed E-state index contributed by atoms with van der Waals surface area (Å²) in [4.78, 5) is 24.6. The lowest BCUT2D eigenvalue weighted by Gasteiger charge is -2.35. The molecule has 0 saturated carbocycles. The minimum atomic E-state index is -0.776. The zero-order chi connectivity index (χ0) is 24.1. The van der Waals surface area contributed by atoms with Gasteiger partial charge in [-0.05, 0) is 42.7 Å². The molecule has 34 heavy (non-hydrogen) atoms. The number of aliphatic hydroxyl groups excluding tert-OH is 1. The van der Waals surface area contributed by atoms with Crippen LogP contribution in [0, 0.1) is 11.6 Å². The SMILES string of the molecule is O=C(C[C@@H]1CC[C@@H](NC(=O)Nc2cc(F)ccc2F)[C@@H](CO)O1)NCc1ccc2c(c1)OCO2. The molecule has 1 fully saturated rings. The van der Waals surface area contributed by atoms with Gasteiger partial charge in [-0.1, -0.05) is 6.07 Å². The van der Waals surface area contributed by atoms with Crippen LogP contribution in [0.2, 0.25) is 0 Å².